The summed E-state index contributed by atoms with van der Waals surface area (Å²) in [4.78, 5) is 19.2. The molecule has 160 valence electrons. The molecule has 0 radical (unpaired) electrons. The van der Waals surface area contributed by atoms with Crippen LogP contribution >= 0.6 is 22.9 Å². The molecule has 6 nitrogen and oxygen atoms in total. The largest absolute Gasteiger partial charge is 0.328 e. The molecule has 1 unspecified atom stereocenters. The van der Waals surface area contributed by atoms with Crippen molar-refractivity contribution in [1.29, 1.82) is 0 Å². The van der Waals surface area contributed by atoms with Crippen LogP contribution in [0, 0.1) is 6.92 Å². The summed E-state index contributed by atoms with van der Waals surface area (Å²) < 4.78 is 1.80. The van der Waals surface area contributed by atoms with Crippen LogP contribution in [0.5, 0.6) is 0 Å². The number of para-hydroxylation sites is 1. The Labute approximate surface area is 194 Å². The van der Waals surface area contributed by atoms with Crippen LogP contribution in [0.15, 0.2) is 77.3 Å². The van der Waals surface area contributed by atoms with Gasteiger partial charge >= 0.3 is 0 Å². The summed E-state index contributed by atoms with van der Waals surface area (Å²) in [5.41, 5.74) is 4.06. The molecule has 1 amide bonds. The third-order valence-corrected chi connectivity index (χ3v) is 6.70. The maximum Gasteiger partial charge on any atom is 0.255 e. The van der Waals surface area contributed by atoms with Gasteiger partial charge in [-0.2, -0.15) is 4.98 Å². The minimum Gasteiger partial charge on any atom is -0.328 e. The third kappa shape index (κ3) is 3.70. The number of anilines is 2. The number of amides is 1. The minimum atomic E-state index is -0.386. The predicted octanol–water partition coefficient (Wildman–Crippen LogP) is 5.90. The number of aromatic nitrogens is 3. The lowest BCUT2D eigenvalue weighted by atomic mass is 9.99. The highest BCUT2D eigenvalue weighted by molar-refractivity contribution is 7.10. The fourth-order valence-electron chi connectivity index (χ4n) is 3.79. The highest BCUT2D eigenvalue weighted by atomic mass is 35.5. The van der Waals surface area contributed by atoms with Crippen molar-refractivity contribution < 1.29 is 4.79 Å². The SMILES string of the molecule is CC1=C(C(=O)Nc2ccccc2)C(c2sccc2C)n2nc(-c3ccc(Cl)cc3)nc2N1. The molecular formula is C24H20ClN5OS. The fourth-order valence-corrected chi connectivity index (χ4v) is 4.94. The lowest BCUT2D eigenvalue weighted by molar-refractivity contribution is -0.113. The summed E-state index contributed by atoms with van der Waals surface area (Å²) in [5, 5.41) is 13.8. The second kappa shape index (κ2) is 8.26. The Bertz CT molecular complexity index is 1320. The first kappa shape index (κ1) is 20.5. The predicted molar refractivity (Wildman–Crippen MR) is 129 cm³/mol. The smallest absolute Gasteiger partial charge is 0.255 e. The molecule has 32 heavy (non-hydrogen) atoms. The summed E-state index contributed by atoms with van der Waals surface area (Å²) in [6, 6.07) is 18.5. The van der Waals surface area contributed by atoms with E-state index in [1.807, 2.05) is 73.8 Å². The van der Waals surface area contributed by atoms with Crippen molar-refractivity contribution in [2.75, 3.05) is 10.6 Å². The average molecular weight is 462 g/mol. The number of hydrogen-bond donors (Lipinski definition) is 2. The number of halogens is 1. The lowest BCUT2D eigenvalue weighted by Gasteiger charge is -2.28. The normalized spacial score (nSPS) is 15.3. The Kier molecular flexibility index (Phi) is 5.28. The molecule has 0 aliphatic carbocycles. The maximum absolute atomic E-state index is 13.4. The zero-order valence-electron chi connectivity index (χ0n) is 17.5. The van der Waals surface area contributed by atoms with Gasteiger partial charge in [0.25, 0.3) is 5.91 Å². The van der Waals surface area contributed by atoms with E-state index < -0.39 is 0 Å². The first-order valence-corrected chi connectivity index (χ1v) is 11.4. The minimum absolute atomic E-state index is 0.173. The molecule has 4 aromatic rings. The van der Waals surface area contributed by atoms with Gasteiger partial charge in [0.2, 0.25) is 5.95 Å². The zero-order valence-corrected chi connectivity index (χ0v) is 19.0. The Hall–Kier alpha value is -3.42. The van der Waals surface area contributed by atoms with E-state index in [-0.39, 0.29) is 11.9 Å². The van der Waals surface area contributed by atoms with E-state index in [2.05, 4.69) is 16.7 Å². The molecule has 2 N–H and O–H groups in total. The van der Waals surface area contributed by atoms with Gasteiger partial charge in [-0.1, -0.05) is 29.8 Å². The van der Waals surface area contributed by atoms with Gasteiger partial charge in [-0.05, 0) is 67.3 Å². The number of aryl methyl sites for hydroxylation is 1. The summed E-state index contributed by atoms with van der Waals surface area (Å²) >= 11 is 7.65. The first-order chi connectivity index (χ1) is 15.5. The van der Waals surface area contributed by atoms with Crippen LogP contribution in [-0.2, 0) is 4.79 Å². The van der Waals surface area contributed by atoms with Crippen molar-refractivity contribution in [1.82, 2.24) is 14.8 Å². The Morgan fingerprint density at radius 3 is 2.53 bits per heavy atom. The number of fused-ring (bicyclic) bond motifs is 1. The average Bonchev–Trinajstić information content (AvgIpc) is 3.40. The van der Waals surface area contributed by atoms with E-state index in [1.54, 1.807) is 16.0 Å². The van der Waals surface area contributed by atoms with E-state index in [0.29, 0.717) is 22.4 Å². The van der Waals surface area contributed by atoms with E-state index in [9.17, 15) is 4.79 Å². The van der Waals surface area contributed by atoms with Crippen molar-refractivity contribution in [3.63, 3.8) is 0 Å². The lowest BCUT2D eigenvalue weighted by Crippen LogP contribution is -2.31. The second-order valence-electron chi connectivity index (χ2n) is 7.56. The number of hydrogen-bond acceptors (Lipinski definition) is 5. The molecule has 1 aliphatic heterocycles. The molecule has 8 heteroatoms. The molecule has 1 atom stereocenters. The molecule has 0 spiro atoms. The van der Waals surface area contributed by atoms with Gasteiger partial charge in [0.05, 0.1) is 5.57 Å². The fraction of sp³-hybridized carbons (Fsp3) is 0.125. The number of allylic oxidation sites excluding steroid dienone is 1. The highest BCUT2D eigenvalue weighted by Gasteiger charge is 2.36. The Balaban J connectivity index is 1.60. The van der Waals surface area contributed by atoms with Gasteiger partial charge < -0.3 is 10.6 Å². The van der Waals surface area contributed by atoms with Crippen LogP contribution in [0.4, 0.5) is 11.6 Å². The van der Waals surface area contributed by atoms with Gasteiger partial charge in [0.1, 0.15) is 6.04 Å². The molecular weight excluding hydrogens is 442 g/mol. The van der Waals surface area contributed by atoms with Gasteiger partial charge in [0, 0.05) is 26.8 Å². The van der Waals surface area contributed by atoms with Gasteiger partial charge in [-0.3, -0.25) is 4.79 Å². The Morgan fingerprint density at radius 2 is 1.84 bits per heavy atom. The number of rotatable bonds is 4. The van der Waals surface area contributed by atoms with Crippen molar-refractivity contribution in [2.24, 2.45) is 0 Å². The zero-order chi connectivity index (χ0) is 22.2. The highest BCUT2D eigenvalue weighted by Crippen LogP contribution is 2.40. The number of carbonyl (C=O) groups is 1. The molecule has 0 bridgehead atoms. The molecule has 3 heterocycles. The molecule has 0 saturated heterocycles. The van der Waals surface area contributed by atoms with E-state index >= 15 is 0 Å². The van der Waals surface area contributed by atoms with Crippen molar-refractivity contribution in [3.8, 4) is 11.4 Å². The summed E-state index contributed by atoms with van der Waals surface area (Å²) in [6.45, 7) is 3.95. The molecule has 1 aliphatic rings. The van der Waals surface area contributed by atoms with Crippen LogP contribution in [0.1, 0.15) is 23.4 Å². The number of nitrogens with one attached hydrogen (secondary N) is 2. The molecule has 2 aromatic carbocycles. The van der Waals surface area contributed by atoms with Crippen molar-refractivity contribution in [2.45, 2.75) is 19.9 Å². The van der Waals surface area contributed by atoms with Crippen molar-refractivity contribution in [3.05, 3.63) is 92.8 Å². The summed E-state index contributed by atoms with van der Waals surface area (Å²) in [7, 11) is 0. The molecule has 0 saturated carbocycles. The maximum atomic E-state index is 13.4. The van der Waals surface area contributed by atoms with Crippen LogP contribution in [-0.4, -0.2) is 20.7 Å². The third-order valence-electron chi connectivity index (χ3n) is 5.38. The number of thiophene rings is 1. The number of carbonyl (C=O) groups excluding carboxylic acids is 1. The van der Waals surface area contributed by atoms with E-state index in [0.717, 1.165) is 27.4 Å². The molecule has 2 aromatic heterocycles. The van der Waals surface area contributed by atoms with Crippen molar-refractivity contribution >= 4 is 40.5 Å². The van der Waals surface area contributed by atoms with E-state index in [4.69, 9.17) is 21.7 Å². The van der Waals surface area contributed by atoms with Crippen LogP contribution in [0.3, 0.4) is 0 Å². The summed E-state index contributed by atoms with van der Waals surface area (Å²) in [6.07, 6.45) is 0. The van der Waals surface area contributed by atoms with Gasteiger partial charge in [0.15, 0.2) is 5.82 Å². The quantitative estimate of drug-likeness (QED) is 0.397. The number of benzene rings is 2. The molecule has 0 fully saturated rings. The Morgan fingerprint density at radius 1 is 1.09 bits per heavy atom. The topological polar surface area (TPSA) is 71.8 Å². The van der Waals surface area contributed by atoms with Crippen LogP contribution < -0.4 is 10.6 Å². The van der Waals surface area contributed by atoms with Gasteiger partial charge in [-0.15, -0.1) is 16.4 Å². The summed E-state index contributed by atoms with van der Waals surface area (Å²) in [5.74, 6) is 0.996. The second-order valence-corrected chi connectivity index (χ2v) is 8.95. The van der Waals surface area contributed by atoms with Crippen LogP contribution in [0.25, 0.3) is 11.4 Å². The first-order valence-electron chi connectivity index (χ1n) is 10.1. The van der Waals surface area contributed by atoms with E-state index in [1.165, 1.54) is 0 Å². The molecule has 5 rings (SSSR count). The monoisotopic (exact) mass is 461 g/mol. The number of nitrogens with zero attached hydrogens (tertiary/aromatic N) is 3. The van der Waals surface area contributed by atoms with Gasteiger partial charge in [-0.25, -0.2) is 4.68 Å². The standard InChI is InChI=1S/C24H20ClN5OS/c1-14-12-13-32-21(14)20-19(23(31)27-18-6-4-3-5-7-18)15(2)26-24-28-22(29-30(20)24)16-8-10-17(25)11-9-16/h3-13,20H,1-2H3,(H,27,31)(H,26,28,29). The van der Waals surface area contributed by atoms with Crippen LogP contribution in [0.2, 0.25) is 5.02 Å².